The molecule has 1 saturated heterocycles. The van der Waals surface area contributed by atoms with Crippen LogP contribution in [0.2, 0.25) is 0 Å². The zero-order chi connectivity index (χ0) is 11.6. The van der Waals surface area contributed by atoms with E-state index in [0.717, 1.165) is 17.8 Å². The van der Waals surface area contributed by atoms with E-state index in [1.54, 1.807) is 0 Å². The zero-order valence-corrected chi connectivity index (χ0v) is 11.3. The SMILES string of the molecule is CC(C)C[C@H]1O[C@@H](C(C)C)CC1C(C)C. The van der Waals surface area contributed by atoms with Crippen molar-refractivity contribution in [2.24, 2.45) is 23.7 Å². The molecule has 1 fully saturated rings. The summed E-state index contributed by atoms with van der Waals surface area (Å²) >= 11 is 0. The molecule has 0 saturated carbocycles. The first kappa shape index (κ1) is 13.0. The zero-order valence-electron chi connectivity index (χ0n) is 11.3. The standard InChI is InChI=1S/C14H28O/c1-9(2)7-14-12(10(3)4)8-13(15-14)11(5)6/h9-14H,7-8H2,1-6H3/t12?,13-,14-/m1/s1. The first-order chi connectivity index (χ1) is 6.91. The second kappa shape index (κ2) is 5.34. The van der Waals surface area contributed by atoms with Crippen LogP contribution >= 0.6 is 0 Å². The largest absolute Gasteiger partial charge is 0.374 e. The van der Waals surface area contributed by atoms with Gasteiger partial charge in [-0.25, -0.2) is 0 Å². The molecule has 0 bridgehead atoms. The molecule has 1 nitrogen and oxygen atoms in total. The third kappa shape index (κ3) is 3.48. The molecule has 1 heteroatoms. The fraction of sp³-hybridized carbons (Fsp3) is 1.00. The molecular formula is C14H28O. The van der Waals surface area contributed by atoms with Gasteiger partial charge in [0.25, 0.3) is 0 Å². The van der Waals surface area contributed by atoms with Gasteiger partial charge >= 0.3 is 0 Å². The van der Waals surface area contributed by atoms with E-state index < -0.39 is 0 Å². The van der Waals surface area contributed by atoms with Gasteiger partial charge in [0.2, 0.25) is 0 Å². The van der Waals surface area contributed by atoms with Crippen LogP contribution in [0.25, 0.3) is 0 Å². The smallest absolute Gasteiger partial charge is 0.0613 e. The third-order valence-electron chi connectivity index (χ3n) is 3.64. The van der Waals surface area contributed by atoms with Crippen LogP contribution in [0.3, 0.4) is 0 Å². The highest BCUT2D eigenvalue weighted by atomic mass is 16.5. The topological polar surface area (TPSA) is 9.23 Å². The Labute approximate surface area is 95.6 Å². The van der Waals surface area contributed by atoms with E-state index in [0.29, 0.717) is 18.1 Å². The van der Waals surface area contributed by atoms with Crippen molar-refractivity contribution < 1.29 is 4.74 Å². The number of hydrogen-bond donors (Lipinski definition) is 0. The monoisotopic (exact) mass is 212 g/mol. The number of hydrogen-bond acceptors (Lipinski definition) is 1. The van der Waals surface area contributed by atoms with Crippen LogP contribution in [-0.4, -0.2) is 12.2 Å². The molecule has 15 heavy (non-hydrogen) atoms. The Kier molecular flexibility index (Phi) is 4.64. The van der Waals surface area contributed by atoms with Crippen molar-refractivity contribution in [2.45, 2.75) is 66.6 Å². The minimum atomic E-state index is 0.501. The lowest BCUT2D eigenvalue weighted by Crippen LogP contribution is -2.22. The molecule has 0 aliphatic carbocycles. The van der Waals surface area contributed by atoms with Crippen LogP contribution < -0.4 is 0 Å². The van der Waals surface area contributed by atoms with Crippen LogP contribution in [0.4, 0.5) is 0 Å². The highest BCUT2D eigenvalue weighted by Crippen LogP contribution is 2.37. The maximum absolute atomic E-state index is 6.21. The summed E-state index contributed by atoms with van der Waals surface area (Å²) in [6.45, 7) is 13.8. The lowest BCUT2D eigenvalue weighted by Gasteiger charge is -2.23. The van der Waals surface area contributed by atoms with E-state index >= 15 is 0 Å². The second-order valence-electron chi connectivity index (χ2n) is 6.23. The van der Waals surface area contributed by atoms with Crippen LogP contribution in [-0.2, 0) is 4.74 Å². The van der Waals surface area contributed by atoms with Crippen LogP contribution in [0.15, 0.2) is 0 Å². The normalized spacial score (nSPS) is 32.2. The van der Waals surface area contributed by atoms with Crippen molar-refractivity contribution >= 4 is 0 Å². The number of rotatable bonds is 4. The average molecular weight is 212 g/mol. The van der Waals surface area contributed by atoms with Crippen molar-refractivity contribution in [1.82, 2.24) is 0 Å². The predicted octanol–water partition coefficient (Wildman–Crippen LogP) is 4.12. The molecule has 0 aromatic heterocycles. The van der Waals surface area contributed by atoms with E-state index in [2.05, 4.69) is 41.5 Å². The van der Waals surface area contributed by atoms with Crippen molar-refractivity contribution in [1.29, 1.82) is 0 Å². The molecule has 0 aromatic carbocycles. The first-order valence-corrected chi connectivity index (χ1v) is 6.57. The summed E-state index contributed by atoms with van der Waals surface area (Å²) < 4.78 is 6.21. The lowest BCUT2D eigenvalue weighted by atomic mass is 9.83. The summed E-state index contributed by atoms with van der Waals surface area (Å²) in [7, 11) is 0. The fourth-order valence-electron chi connectivity index (χ4n) is 2.63. The van der Waals surface area contributed by atoms with Gasteiger partial charge in [0.1, 0.15) is 0 Å². The molecule has 1 rings (SSSR count). The molecule has 90 valence electrons. The highest BCUT2D eigenvalue weighted by molar-refractivity contribution is 4.86. The summed E-state index contributed by atoms with van der Waals surface area (Å²) in [5.41, 5.74) is 0. The van der Waals surface area contributed by atoms with Crippen molar-refractivity contribution in [3.8, 4) is 0 Å². The average Bonchev–Trinajstić information content (AvgIpc) is 2.46. The van der Waals surface area contributed by atoms with Crippen LogP contribution in [0, 0.1) is 23.7 Å². The Balaban J connectivity index is 2.59. The summed E-state index contributed by atoms with van der Waals surface area (Å²) in [5.74, 6) is 2.96. The Morgan fingerprint density at radius 2 is 1.60 bits per heavy atom. The van der Waals surface area contributed by atoms with Gasteiger partial charge < -0.3 is 4.74 Å². The molecule has 0 radical (unpaired) electrons. The Hall–Kier alpha value is -0.0400. The first-order valence-electron chi connectivity index (χ1n) is 6.57. The molecule has 0 spiro atoms. The fourth-order valence-corrected chi connectivity index (χ4v) is 2.63. The molecule has 1 aliphatic heterocycles. The van der Waals surface area contributed by atoms with Gasteiger partial charge in [-0.15, -0.1) is 0 Å². The summed E-state index contributed by atoms with van der Waals surface area (Å²) in [5, 5.41) is 0. The maximum atomic E-state index is 6.21. The molecule has 0 amide bonds. The predicted molar refractivity (Wildman–Crippen MR) is 65.9 cm³/mol. The molecule has 0 aromatic rings. The van der Waals surface area contributed by atoms with Gasteiger partial charge in [-0.1, -0.05) is 41.5 Å². The molecule has 1 unspecified atom stereocenters. The van der Waals surface area contributed by atoms with Gasteiger partial charge in [-0.05, 0) is 36.5 Å². The molecular weight excluding hydrogens is 184 g/mol. The molecule has 0 N–H and O–H groups in total. The second-order valence-corrected chi connectivity index (χ2v) is 6.23. The summed E-state index contributed by atoms with van der Waals surface area (Å²) in [4.78, 5) is 0. The quantitative estimate of drug-likeness (QED) is 0.681. The van der Waals surface area contributed by atoms with Gasteiger partial charge in [-0.3, -0.25) is 0 Å². The minimum Gasteiger partial charge on any atom is -0.374 e. The van der Waals surface area contributed by atoms with E-state index in [1.807, 2.05) is 0 Å². The Bertz CT molecular complexity index is 184. The van der Waals surface area contributed by atoms with E-state index in [1.165, 1.54) is 12.8 Å². The van der Waals surface area contributed by atoms with Gasteiger partial charge in [0.05, 0.1) is 12.2 Å². The van der Waals surface area contributed by atoms with Crippen LogP contribution in [0.1, 0.15) is 54.4 Å². The third-order valence-corrected chi connectivity index (χ3v) is 3.64. The van der Waals surface area contributed by atoms with Gasteiger partial charge in [0, 0.05) is 0 Å². The Morgan fingerprint density at radius 3 is 2.00 bits per heavy atom. The van der Waals surface area contributed by atoms with Crippen molar-refractivity contribution in [3.63, 3.8) is 0 Å². The van der Waals surface area contributed by atoms with Crippen LogP contribution in [0.5, 0.6) is 0 Å². The van der Waals surface area contributed by atoms with E-state index in [4.69, 9.17) is 4.74 Å². The Morgan fingerprint density at radius 1 is 1.00 bits per heavy atom. The van der Waals surface area contributed by atoms with Gasteiger partial charge in [-0.2, -0.15) is 0 Å². The lowest BCUT2D eigenvalue weighted by molar-refractivity contribution is -0.00249. The molecule has 3 atom stereocenters. The summed E-state index contributed by atoms with van der Waals surface area (Å²) in [6, 6.07) is 0. The van der Waals surface area contributed by atoms with Crippen molar-refractivity contribution in [2.75, 3.05) is 0 Å². The molecule has 1 aliphatic rings. The summed E-state index contributed by atoms with van der Waals surface area (Å²) in [6.07, 6.45) is 3.51. The number of ether oxygens (including phenoxy) is 1. The molecule has 1 heterocycles. The van der Waals surface area contributed by atoms with E-state index in [-0.39, 0.29) is 0 Å². The van der Waals surface area contributed by atoms with Crippen molar-refractivity contribution in [3.05, 3.63) is 0 Å². The minimum absolute atomic E-state index is 0.501. The van der Waals surface area contributed by atoms with Gasteiger partial charge in [0.15, 0.2) is 0 Å². The van der Waals surface area contributed by atoms with E-state index in [9.17, 15) is 0 Å². The highest BCUT2D eigenvalue weighted by Gasteiger charge is 2.37. The maximum Gasteiger partial charge on any atom is 0.0613 e.